The van der Waals surface area contributed by atoms with Gasteiger partial charge in [-0.25, -0.2) is 0 Å². The Hall–Kier alpha value is -0.410. The van der Waals surface area contributed by atoms with Crippen LogP contribution in [0.1, 0.15) is 25.5 Å². The van der Waals surface area contributed by atoms with Gasteiger partial charge in [0, 0.05) is 33.4 Å². The third-order valence-electron chi connectivity index (χ3n) is 2.74. The average Bonchev–Trinajstić information content (AvgIpc) is 2.57. The molecule has 0 N–H and O–H groups in total. The highest BCUT2D eigenvalue weighted by atomic mass is 79.9. The summed E-state index contributed by atoms with van der Waals surface area (Å²) in [6.07, 6.45) is 4.44. The number of hydrogen-bond acceptors (Lipinski definition) is 1. The van der Waals surface area contributed by atoms with Gasteiger partial charge in [0.25, 0.3) is 0 Å². The SMILES string of the molecule is CSCc1cn(C(C)C)c2cc(Br)ccc12. The summed E-state index contributed by atoms with van der Waals surface area (Å²) in [7, 11) is 0. The Labute approximate surface area is 109 Å². The predicted octanol–water partition coefficient (Wildman–Crippen LogP) is 4.85. The van der Waals surface area contributed by atoms with Crippen molar-refractivity contribution in [3.63, 3.8) is 0 Å². The van der Waals surface area contributed by atoms with E-state index in [1.54, 1.807) is 0 Å². The largest absolute Gasteiger partial charge is 0.345 e. The Morgan fingerprint density at radius 1 is 1.38 bits per heavy atom. The number of benzene rings is 1. The molecule has 1 nitrogen and oxygen atoms in total. The van der Waals surface area contributed by atoms with Gasteiger partial charge in [-0.1, -0.05) is 22.0 Å². The molecule has 0 amide bonds. The van der Waals surface area contributed by atoms with Gasteiger partial charge in [-0.3, -0.25) is 0 Å². The van der Waals surface area contributed by atoms with Gasteiger partial charge in [-0.15, -0.1) is 0 Å². The molecule has 0 atom stereocenters. The van der Waals surface area contributed by atoms with E-state index in [9.17, 15) is 0 Å². The molecule has 0 unspecified atom stereocenters. The van der Waals surface area contributed by atoms with Gasteiger partial charge in [-0.2, -0.15) is 11.8 Å². The Morgan fingerprint density at radius 2 is 2.12 bits per heavy atom. The molecule has 1 aromatic heterocycles. The molecule has 0 saturated carbocycles. The maximum Gasteiger partial charge on any atom is 0.0497 e. The van der Waals surface area contributed by atoms with Crippen LogP contribution in [0.4, 0.5) is 0 Å². The molecular formula is C13H16BrNS. The monoisotopic (exact) mass is 297 g/mol. The summed E-state index contributed by atoms with van der Waals surface area (Å²) in [6, 6.07) is 7.05. The molecule has 2 rings (SSSR count). The zero-order chi connectivity index (χ0) is 11.7. The van der Waals surface area contributed by atoms with E-state index >= 15 is 0 Å². The van der Waals surface area contributed by atoms with E-state index in [4.69, 9.17) is 0 Å². The van der Waals surface area contributed by atoms with Crippen LogP contribution in [0.25, 0.3) is 10.9 Å². The fraction of sp³-hybridized carbons (Fsp3) is 0.385. The highest BCUT2D eigenvalue weighted by Crippen LogP contribution is 2.29. The zero-order valence-corrected chi connectivity index (χ0v) is 12.2. The molecule has 0 bridgehead atoms. The highest BCUT2D eigenvalue weighted by Gasteiger charge is 2.10. The Morgan fingerprint density at radius 3 is 2.75 bits per heavy atom. The van der Waals surface area contributed by atoms with Crippen molar-refractivity contribution in [2.75, 3.05) is 6.26 Å². The first-order valence-corrected chi connectivity index (χ1v) is 7.60. The highest BCUT2D eigenvalue weighted by molar-refractivity contribution is 9.10. The maximum absolute atomic E-state index is 3.55. The van der Waals surface area contributed by atoms with Gasteiger partial charge >= 0.3 is 0 Å². The van der Waals surface area contributed by atoms with E-state index in [0.717, 1.165) is 10.2 Å². The lowest BCUT2D eigenvalue weighted by molar-refractivity contribution is 0.621. The van der Waals surface area contributed by atoms with Gasteiger partial charge in [0.15, 0.2) is 0 Å². The number of aromatic nitrogens is 1. The van der Waals surface area contributed by atoms with Crippen molar-refractivity contribution < 1.29 is 0 Å². The molecule has 1 aromatic carbocycles. The number of halogens is 1. The van der Waals surface area contributed by atoms with Crippen LogP contribution < -0.4 is 0 Å². The number of thioether (sulfide) groups is 1. The summed E-state index contributed by atoms with van der Waals surface area (Å²) in [6.45, 7) is 4.45. The summed E-state index contributed by atoms with van der Waals surface area (Å²) in [4.78, 5) is 0. The van der Waals surface area contributed by atoms with Crippen molar-refractivity contribution in [2.45, 2.75) is 25.6 Å². The van der Waals surface area contributed by atoms with Crippen LogP contribution in [0, 0.1) is 0 Å². The number of hydrogen-bond donors (Lipinski definition) is 0. The van der Waals surface area contributed by atoms with Crippen LogP contribution in [0.3, 0.4) is 0 Å². The fourth-order valence-corrected chi connectivity index (χ4v) is 2.88. The molecular weight excluding hydrogens is 282 g/mol. The predicted molar refractivity (Wildman–Crippen MR) is 77.2 cm³/mol. The topological polar surface area (TPSA) is 4.93 Å². The second kappa shape index (κ2) is 4.84. The smallest absolute Gasteiger partial charge is 0.0497 e. The molecule has 0 radical (unpaired) electrons. The second-order valence-corrected chi connectivity index (χ2v) is 6.03. The van der Waals surface area contributed by atoms with Crippen molar-refractivity contribution in [3.05, 3.63) is 34.4 Å². The molecule has 0 aliphatic heterocycles. The molecule has 0 saturated heterocycles. The Balaban J connectivity index is 2.66. The summed E-state index contributed by atoms with van der Waals surface area (Å²) in [5.41, 5.74) is 2.76. The molecule has 3 heteroatoms. The van der Waals surface area contributed by atoms with Crippen LogP contribution in [-0.4, -0.2) is 10.8 Å². The standard InChI is InChI=1S/C13H16BrNS/c1-9(2)15-7-10(8-16-3)12-5-4-11(14)6-13(12)15/h4-7,9H,8H2,1-3H3. The normalized spacial score (nSPS) is 11.6. The van der Waals surface area contributed by atoms with E-state index < -0.39 is 0 Å². The number of nitrogens with zero attached hydrogens (tertiary/aromatic N) is 1. The molecule has 2 aromatic rings. The van der Waals surface area contributed by atoms with E-state index in [1.807, 2.05) is 11.8 Å². The lowest BCUT2D eigenvalue weighted by atomic mass is 10.2. The first-order valence-electron chi connectivity index (χ1n) is 5.41. The maximum atomic E-state index is 3.55. The minimum absolute atomic E-state index is 0.507. The van der Waals surface area contributed by atoms with E-state index in [0.29, 0.717) is 6.04 Å². The molecule has 1 heterocycles. The number of fused-ring (bicyclic) bond motifs is 1. The van der Waals surface area contributed by atoms with Crippen molar-refractivity contribution in [1.82, 2.24) is 4.57 Å². The minimum atomic E-state index is 0.507. The van der Waals surface area contributed by atoms with Crippen LogP contribution in [0.15, 0.2) is 28.9 Å². The fourth-order valence-electron chi connectivity index (χ4n) is 1.99. The van der Waals surface area contributed by atoms with Gasteiger partial charge in [0.1, 0.15) is 0 Å². The Bertz CT molecular complexity index is 502. The van der Waals surface area contributed by atoms with Gasteiger partial charge in [0.2, 0.25) is 0 Å². The van der Waals surface area contributed by atoms with Crippen molar-refractivity contribution in [2.24, 2.45) is 0 Å². The van der Waals surface area contributed by atoms with Crippen molar-refractivity contribution in [3.8, 4) is 0 Å². The molecule has 0 spiro atoms. The first-order chi connectivity index (χ1) is 7.63. The molecule has 16 heavy (non-hydrogen) atoms. The lowest BCUT2D eigenvalue weighted by Gasteiger charge is -2.08. The quantitative estimate of drug-likeness (QED) is 0.784. The van der Waals surface area contributed by atoms with Crippen LogP contribution >= 0.6 is 27.7 Å². The summed E-state index contributed by atoms with van der Waals surface area (Å²) >= 11 is 5.42. The lowest BCUT2D eigenvalue weighted by Crippen LogP contribution is -1.97. The number of rotatable bonds is 3. The van der Waals surface area contributed by atoms with Gasteiger partial charge in [0.05, 0.1) is 0 Å². The third kappa shape index (κ3) is 2.16. The van der Waals surface area contributed by atoms with Crippen LogP contribution in [0.5, 0.6) is 0 Å². The molecule has 0 aliphatic carbocycles. The first kappa shape index (κ1) is 12.1. The van der Waals surface area contributed by atoms with E-state index in [2.05, 4.69) is 65.0 Å². The van der Waals surface area contributed by atoms with Crippen LogP contribution in [0.2, 0.25) is 0 Å². The van der Waals surface area contributed by atoms with E-state index in [1.165, 1.54) is 16.5 Å². The van der Waals surface area contributed by atoms with Crippen molar-refractivity contribution >= 4 is 38.6 Å². The second-order valence-electron chi connectivity index (χ2n) is 4.25. The zero-order valence-electron chi connectivity index (χ0n) is 9.83. The molecule has 0 aliphatic rings. The molecule has 0 fully saturated rings. The average molecular weight is 298 g/mol. The molecule has 86 valence electrons. The Kier molecular flexibility index (Phi) is 3.65. The summed E-state index contributed by atoms with van der Waals surface area (Å²) in [5.74, 6) is 1.08. The van der Waals surface area contributed by atoms with Crippen LogP contribution in [-0.2, 0) is 5.75 Å². The van der Waals surface area contributed by atoms with Gasteiger partial charge in [-0.05, 0) is 37.8 Å². The summed E-state index contributed by atoms with van der Waals surface area (Å²) < 4.78 is 3.50. The summed E-state index contributed by atoms with van der Waals surface area (Å²) in [5, 5.41) is 1.38. The van der Waals surface area contributed by atoms with E-state index in [-0.39, 0.29) is 0 Å². The minimum Gasteiger partial charge on any atom is -0.345 e. The van der Waals surface area contributed by atoms with Crippen molar-refractivity contribution in [1.29, 1.82) is 0 Å². The third-order valence-corrected chi connectivity index (χ3v) is 3.83. The van der Waals surface area contributed by atoms with Gasteiger partial charge < -0.3 is 4.57 Å².